The van der Waals surface area contributed by atoms with Gasteiger partial charge in [0.1, 0.15) is 13.2 Å². The molecule has 1 aliphatic carbocycles. The van der Waals surface area contributed by atoms with E-state index in [2.05, 4.69) is 9.68 Å². The number of ether oxygens (including phenoxy) is 2. The molecule has 0 spiro atoms. The van der Waals surface area contributed by atoms with Gasteiger partial charge in [0.25, 0.3) is 0 Å². The Hall–Kier alpha value is -2.54. The molecular formula is C28H44N2O13. The summed E-state index contributed by atoms with van der Waals surface area (Å²) < 4.78 is 9.91. The first-order valence-corrected chi connectivity index (χ1v) is 14.2. The Bertz CT molecular complexity index is 950. The lowest BCUT2D eigenvalue weighted by molar-refractivity contribution is -0.495. The molecule has 0 aromatic heterocycles. The first-order chi connectivity index (χ1) is 20.5. The van der Waals surface area contributed by atoms with E-state index in [4.69, 9.17) is 30.3 Å². The summed E-state index contributed by atoms with van der Waals surface area (Å²) in [6.07, 6.45) is 5.28. The van der Waals surface area contributed by atoms with Crippen molar-refractivity contribution in [2.24, 2.45) is 11.8 Å². The van der Waals surface area contributed by atoms with Crippen LogP contribution in [0.3, 0.4) is 0 Å². The van der Waals surface area contributed by atoms with Crippen LogP contribution in [0.1, 0.15) is 56.9 Å². The van der Waals surface area contributed by atoms with E-state index in [0.29, 0.717) is 44.9 Å². The van der Waals surface area contributed by atoms with Crippen molar-refractivity contribution in [3.63, 3.8) is 0 Å². The van der Waals surface area contributed by atoms with Crippen LogP contribution in [0.2, 0.25) is 0 Å². The Kier molecular flexibility index (Phi) is 17.4. The molecule has 0 bridgehead atoms. The maximum absolute atomic E-state index is 12.1. The standard InChI is InChI=1S/C28H44N2O13/c31-21(13-12-20-8-4-3-5-9-20)14-15-24-23(25(32)16-26(24)33)10-6-1-2-7-11-27(34)40-17-22(18-41-29(36)37)43-28(35)19-42-30(38)39/h1,3-6,8-9,21-26,31-33,36-39H,2,7,10-19H2/b6-1-/t21-,22?,23+,24+,25-,26+/m0/s1. The lowest BCUT2D eigenvalue weighted by Crippen LogP contribution is -2.34. The normalized spacial score (nSPS) is 21.9. The Morgan fingerprint density at radius 2 is 1.60 bits per heavy atom. The minimum atomic E-state index is -1.25. The third-order valence-corrected chi connectivity index (χ3v) is 7.19. The van der Waals surface area contributed by atoms with Gasteiger partial charge in [-0.25, -0.2) is 14.5 Å². The maximum atomic E-state index is 12.1. The van der Waals surface area contributed by atoms with Crippen LogP contribution in [-0.4, -0.2) is 103 Å². The number of aryl methyl sites for hydroxylation is 1. The predicted octanol–water partition coefficient (Wildman–Crippen LogP) is 1.71. The molecule has 1 saturated carbocycles. The number of rotatable bonds is 21. The number of aliphatic hydroxyl groups is 3. The van der Waals surface area contributed by atoms with Crippen molar-refractivity contribution in [3.8, 4) is 0 Å². The van der Waals surface area contributed by atoms with Crippen molar-refractivity contribution in [3.05, 3.63) is 48.0 Å². The lowest BCUT2D eigenvalue weighted by Gasteiger charge is -2.23. The highest BCUT2D eigenvalue weighted by Gasteiger charge is 2.40. The van der Waals surface area contributed by atoms with E-state index in [9.17, 15) is 24.9 Å². The lowest BCUT2D eigenvalue weighted by atomic mass is 9.85. The first kappa shape index (κ1) is 36.7. The van der Waals surface area contributed by atoms with Crippen molar-refractivity contribution in [2.75, 3.05) is 19.8 Å². The molecular weight excluding hydrogens is 572 g/mol. The number of hydrogen-bond donors (Lipinski definition) is 7. The highest BCUT2D eigenvalue weighted by molar-refractivity contribution is 5.71. The van der Waals surface area contributed by atoms with E-state index < -0.39 is 67.0 Å². The summed E-state index contributed by atoms with van der Waals surface area (Å²) in [5.41, 5.74) is 1.16. The van der Waals surface area contributed by atoms with Crippen LogP contribution < -0.4 is 0 Å². The number of aliphatic hydroxyl groups excluding tert-OH is 3. The number of carbonyl (C=O) groups excluding carboxylic acids is 2. The Morgan fingerprint density at radius 3 is 2.30 bits per heavy atom. The zero-order chi connectivity index (χ0) is 31.6. The molecule has 0 radical (unpaired) electrons. The van der Waals surface area contributed by atoms with Crippen LogP contribution >= 0.6 is 0 Å². The molecule has 6 atom stereocenters. The summed E-state index contributed by atoms with van der Waals surface area (Å²) >= 11 is 0. The van der Waals surface area contributed by atoms with Gasteiger partial charge in [-0.2, -0.15) is 0 Å². The summed E-state index contributed by atoms with van der Waals surface area (Å²) in [6, 6.07) is 9.94. The molecule has 1 unspecified atom stereocenters. The molecule has 0 aliphatic heterocycles. The van der Waals surface area contributed by atoms with Crippen molar-refractivity contribution >= 4 is 11.9 Å². The van der Waals surface area contributed by atoms with Crippen molar-refractivity contribution in [1.82, 2.24) is 10.8 Å². The van der Waals surface area contributed by atoms with E-state index in [0.717, 1.165) is 12.0 Å². The van der Waals surface area contributed by atoms with Crippen LogP contribution in [0.25, 0.3) is 0 Å². The predicted molar refractivity (Wildman–Crippen MR) is 145 cm³/mol. The van der Waals surface area contributed by atoms with E-state index in [1.165, 1.54) is 0 Å². The molecule has 15 heteroatoms. The molecule has 0 amide bonds. The van der Waals surface area contributed by atoms with Gasteiger partial charge in [0.05, 0.1) is 29.1 Å². The highest BCUT2D eigenvalue weighted by Crippen LogP contribution is 2.38. The number of nitrogens with zero attached hydrogens (tertiary/aromatic N) is 2. The van der Waals surface area contributed by atoms with Gasteiger partial charge in [-0.3, -0.25) is 25.6 Å². The molecule has 7 N–H and O–H groups in total. The van der Waals surface area contributed by atoms with Gasteiger partial charge in [-0.05, 0) is 68.8 Å². The largest absolute Gasteiger partial charge is 0.462 e. The Morgan fingerprint density at radius 1 is 0.907 bits per heavy atom. The van der Waals surface area contributed by atoms with Crippen LogP contribution in [0.5, 0.6) is 0 Å². The maximum Gasteiger partial charge on any atom is 0.334 e. The third kappa shape index (κ3) is 15.7. The van der Waals surface area contributed by atoms with Gasteiger partial charge < -0.3 is 24.8 Å². The fraction of sp³-hybridized carbons (Fsp3) is 0.643. The van der Waals surface area contributed by atoms with E-state index >= 15 is 0 Å². The van der Waals surface area contributed by atoms with Crippen LogP contribution in [0, 0.1) is 11.8 Å². The van der Waals surface area contributed by atoms with Gasteiger partial charge in [0.2, 0.25) is 0 Å². The van der Waals surface area contributed by atoms with E-state index in [-0.39, 0.29) is 18.3 Å². The van der Waals surface area contributed by atoms with E-state index in [1.54, 1.807) is 0 Å². The quantitative estimate of drug-likeness (QED) is 0.0452. The van der Waals surface area contributed by atoms with Crippen LogP contribution in [0.4, 0.5) is 0 Å². The average Bonchev–Trinajstić information content (AvgIpc) is 3.24. The number of unbranched alkanes of at least 4 members (excludes halogenated alkanes) is 1. The SMILES string of the molecule is O=C(CCC/C=C\C[C@@H]1[C@@H](CC[C@@H](O)CCc2ccccc2)[C@H](O)C[C@@H]1O)OCC(CON(O)O)OC(=O)CON(O)O. The zero-order valence-electron chi connectivity index (χ0n) is 24.0. The fourth-order valence-corrected chi connectivity index (χ4v) is 5.00. The number of hydrogen-bond acceptors (Lipinski definition) is 15. The summed E-state index contributed by atoms with van der Waals surface area (Å²) in [5, 5.41) is 64.4. The third-order valence-electron chi connectivity index (χ3n) is 7.19. The topological polar surface area (TPSA) is 219 Å². The molecule has 1 aromatic carbocycles. The second kappa shape index (κ2) is 20.4. The van der Waals surface area contributed by atoms with Crippen molar-refractivity contribution in [1.29, 1.82) is 0 Å². The number of benzene rings is 1. The minimum Gasteiger partial charge on any atom is -0.462 e. The molecule has 244 valence electrons. The van der Waals surface area contributed by atoms with Crippen molar-refractivity contribution in [2.45, 2.75) is 82.2 Å². The van der Waals surface area contributed by atoms with Gasteiger partial charge in [-0.15, -0.1) is 0 Å². The van der Waals surface area contributed by atoms with Gasteiger partial charge in [0.15, 0.2) is 12.7 Å². The van der Waals surface area contributed by atoms with Gasteiger partial charge >= 0.3 is 11.9 Å². The number of esters is 2. The monoisotopic (exact) mass is 616 g/mol. The summed E-state index contributed by atoms with van der Waals surface area (Å²) in [5.74, 6) is -1.93. The second-order valence-corrected chi connectivity index (χ2v) is 10.4. The smallest absolute Gasteiger partial charge is 0.334 e. The number of carbonyl (C=O) groups is 2. The average molecular weight is 617 g/mol. The zero-order valence-corrected chi connectivity index (χ0v) is 24.0. The molecule has 1 fully saturated rings. The number of allylic oxidation sites excluding steroid dienone is 2. The first-order valence-electron chi connectivity index (χ1n) is 14.2. The minimum absolute atomic E-state index is 0.0410. The van der Waals surface area contributed by atoms with Crippen LogP contribution in [-0.2, 0) is 35.2 Å². The van der Waals surface area contributed by atoms with E-state index in [1.807, 2.05) is 42.5 Å². The van der Waals surface area contributed by atoms with Gasteiger partial charge in [-0.1, -0.05) is 42.5 Å². The molecule has 1 aliphatic rings. The molecule has 2 rings (SSSR count). The summed E-state index contributed by atoms with van der Waals surface area (Å²) in [7, 11) is 0. The second-order valence-electron chi connectivity index (χ2n) is 10.4. The molecule has 15 nitrogen and oxygen atoms in total. The molecule has 1 aromatic rings. The van der Waals surface area contributed by atoms with Gasteiger partial charge in [0, 0.05) is 6.42 Å². The summed E-state index contributed by atoms with van der Waals surface area (Å²) in [6.45, 7) is -1.95. The molecule has 0 saturated heterocycles. The molecule has 0 heterocycles. The molecule has 43 heavy (non-hydrogen) atoms. The van der Waals surface area contributed by atoms with Crippen LogP contribution in [0.15, 0.2) is 42.5 Å². The Balaban J connectivity index is 1.68. The fourth-order valence-electron chi connectivity index (χ4n) is 5.00. The Labute approximate surface area is 249 Å². The van der Waals surface area contributed by atoms with Crippen molar-refractivity contribution < 1.29 is 64.9 Å². The highest BCUT2D eigenvalue weighted by atomic mass is 17.1. The summed E-state index contributed by atoms with van der Waals surface area (Å²) in [4.78, 5) is 32.2.